The van der Waals surface area contributed by atoms with Crippen molar-refractivity contribution in [3.63, 3.8) is 0 Å². The van der Waals surface area contributed by atoms with Crippen LogP contribution in [0.2, 0.25) is 0 Å². The average molecular weight is 219 g/mol. The van der Waals surface area contributed by atoms with E-state index in [9.17, 15) is 4.39 Å². The molecule has 2 nitrogen and oxygen atoms in total. The largest absolute Gasteiger partial charge is 0.386 e. The Bertz CT molecular complexity index is 341. The summed E-state index contributed by atoms with van der Waals surface area (Å²) in [4.78, 5) is 4.31. The minimum atomic E-state index is -0.458. The summed E-state index contributed by atoms with van der Waals surface area (Å²) in [5.74, 6) is -0.185. The number of halogens is 2. The third-order valence-corrected chi connectivity index (χ3v) is 1.88. The summed E-state index contributed by atoms with van der Waals surface area (Å²) in [5, 5.41) is 0. The number of aliphatic imine (C=N–C) groups is 1. The number of alkyl halides is 1. The molecule has 0 fully saturated rings. The molecule has 0 aliphatic rings. The van der Waals surface area contributed by atoms with Crippen LogP contribution in [0.1, 0.15) is 0 Å². The maximum Gasteiger partial charge on any atom is 0.149 e. The van der Waals surface area contributed by atoms with Crippen LogP contribution >= 0.6 is 24.2 Å². The minimum absolute atomic E-state index is 0.0854. The Labute approximate surface area is 86.0 Å². The van der Waals surface area contributed by atoms with Gasteiger partial charge in [0.1, 0.15) is 17.3 Å². The number of nitrogens with two attached hydrogens (primary N) is 1. The SMILES string of the molecule is NC(CCl)=Nc1ccc(S)cc1F. The van der Waals surface area contributed by atoms with Crippen LogP contribution in [0.25, 0.3) is 0 Å². The first kappa shape index (κ1) is 10.3. The van der Waals surface area contributed by atoms with E-state index >= 15 is 0 Å². The van der Waals surface area contributed by atoms with Crippen LogP contribution in [0.15, 0.2) is 28.1 Å². The first-order valence-electron chi connectivity index (χ1n) is 3.51. The van der Waals surface area contributed by atoms with Gasteiger partial charge in [-0.05, 0) is 18.2 Å². The lowest BCUT2D eigenvalue weighted by molar-refractivity contribution is 0.626. The van der Waals surface area contributed by atoms with E-state index in [0.29, 0.717) is 4.90 Å². The fourth-order valence-electron chi connectivity index (χ4n) is 0.771. The molecule has 0 saturated heterocycles. The smallest absolute Gasteiger partial charge is 0.149 e. The molecule has 0 spiro atoms. The van der Waals surface area contributed by atoms with Gasteiger partial charge in [-0.2, -0.15) is 0 Å². The van der Waals surface area contributed by atoms with Crippen LogP contribution in [-0.2, 0) is 0 Å². The van der Waals surface area contributed by atoms with Gasteiger partial charge in [0.15, 0.2) is 0 Å². The van der Waals surface area contributed by atoms with Crippen molar-refractivity contribution in [1.82, 2.24) is 0 Å². The van der Waals surface area contributed by atoms with Gasteiger partial charge >= 0.3 is 0 Å². The monoisotopic (exact) mass is 218 g/mol. The summed E-state index contributed by atoms with van der Waals surface area (Å²) in [6, 6.07) is 4.40. The number of thiol groups is 1. The van der Waals surface area contributed by atoms with E-state index in [1.165, 1.54) is 12.1 Å². The molecule has 13 heavy (non-hydrogen) atoms. The lowest BCUT2D eigenvalue weighted by Crippen LogP contribution is -2.12. The van der Waals surface area contributed by atoms with Crippen molar-refractivity contribution in [3.05, 3.63) is 24.0 Å². The second-order valence-corrected chi connectivity index (χ2v) is 3.16. The molecule has 1 rings (SSSR count). The van der Waals surface area contributed by atoms with E-state index in [2.05, 4.69) is 17.6 Å². The summed E-state index contributed by atoms with van der Waals surface area (Å²) >= 11 is 9.36. The van der Waals surface area contributed by atoms with E-state index in [1.54, 1.807) is 6.07 Å². The number of benzene rings is 1. The zero-order valence-electron chi connectivity index (χ0n) is 6.67. The predicted molar refractivity (Wildman–Crippen MR) is 55.7 cm³/mol. The van der Waals surface area contributed by atoms with Gasteiger partial charge in [0.2, 0.25) is 0 Å². The zero-order valence-corrected chi connectivity index (χ0v) is 8.32. The van der Waals surface area contributed by atoms with E-state index in [4.69, 9.17) is 17.3 Å². The summed E-state index contributed by atoms with van der Waals surface area (Å²) in [7, 11) is 0. The van der Waals surface area contributed by atoms with Crippen LogP contribution in [0.4, 0.5) is 10.1 Å². The summed E-state index contributed by atoms with van der Waals surface area (Å²) < 4.78 is 13.1. The lowest BCUT2D eigenvalue weighted by atomic mass is 10.3. The maximum atomic E-state index is 13.1. The third kappa shape index (κ3) is 2.90. The van der Waals surface area contributed by atoms with Crippen LogP contribution < -0.4 is 5.73 Å². The van der Waals surface area contributed by atoms with Gasteiger partial charge in [0, 0.05) is 4.90 Å². The molecule has 0 heterocycles. The Hall–Kier alpha value is -0.740. The van der Waals surface area contributed by atoms with E-state index in [1.807, 2.05) is 0 Å². The molecule has 2 N–H and O–H groups in total. The first-order chi connectivity index (χ1) is 6.13. The Morgan fingerprint density at radius 1 is 1.62 bits per heavy atom. The highest BCUT2D eigenvalue weighted by Crippen LogP contribution is 2.20. The predicted octanol–water partition coefficient (Wildman–Crippen LogP) is 2.34. The van der Waals surface area contributed by atoms with Crippen molar-refractivity contribution in [3.8, 4) is 0 Å². The van der Waals surface area contributed by atoms with Gasteiger partial charge < -0.3 is 5.73 Å². The second-order valence-electron chi connectivity index (χ2n) is 2.37. The van der Waals surface area contributed by atoms with Gasteiger partial charge in [-0.3, -0.25) is 0 Å². The van der Waals surface area contributed by atoms with Crippen LogP contribution in [-0.4, -0.2) is 11.7 Å². The van der Waals surface area contributed by atoms with Crippen LogP contribution in [0.3, 0.4) is 0 Å². The number of rotatable bonds is 2. The van der Waals surface area contributed by atoms with Crippen molar-refractivity contribution in [1.29, 1.82) is 0 Å². The molecule has 0 bridgehead atoms. The molecule has 0 amide bonds. The third-order valence-electron chi connectivity index (χ3n) is 1.33. The molecule has 0 radical (unpaired) electrons. The van der Waals surface area contributed by atoms with Gasteiger partial charge in [-0.1, -0.05) is 0 Å². The van der Waals surface area contributed by atoms with E-state index < -0.39 is 5.82 Å². The second kappa shape index (κ2) is 4.48. The molecule has 0 aliphatic carbocycles. The molecule has 0 unspecified atom stereocenters. The maximum absolute atomic E-state index is 13.1. The zero-order chi connectivity index (χ0) is 9.84. The van der Waals surface area contributed by atoms with Gasteiger partial charge in [0.25, 0.3) is 0 Å². The quantitative estimate of drug-likeness (QED) is 0.340. The molecule has 0 saturated carbocycles. The fraction of sp³-hybridized carbons (Fsp3) is 0.125. The molecule has 1 aromatic carbocycles. The Morgan fingerprint density at radius 3 is 2.85 bits per heavy atom. The number of hydrogen-bond donors (Lipinski definition) is 2. The Balaban J connectivity index is 3.03. The number of nitrogens with zero attached hydrogens (tertiary/aromatic N) is 1. The molecular weight excluding hydrogens is 211 g/mol. The minimum Gasteiger partial charge on any atom is -0.386 e. The summed E-state index contributed by atoms with van der Waals surface area (Å²) in [5.41, 5.74) is 5.52. The van der Waals surface area contributed by atoms with Crippen molar-refractivity contribution in [2.24, 2.45) is 10.7 Å². The Kier molecular flexibility index (Phi) is 3.57. The number of amidine groups is 1. The highest BCUT2D eigenvalue weighted by atomic mass is 35.5. The Morgan fingerprint density at radius 2 is 2.31 bits per heavy atom. The van der Waals surface area contributed by atoms with Crippen molar-refractivity contribution < 1.29 is 4.39 Å². The molecule has 0 aliphatic heterocycles. The summed E-state index contributed by atoms with van der Waals surface area (Å²) in [6.45, 7) is 0. The highest BCUT2D eigenvalue weighted by molar-refractivity contribution is 7.80. The average Bonchev–Trinajstić information content (AvgIpc) is 2.09. The van der Waals surface area contributed by atoms with Gasteiger partial charge in [-0.25, -0.2) is 9.38 Å². The van der Waals surface area contributed by atoms with Crippen molar-refractivity contribution in [2.45, 2.75) is 4.90 Å². The first-order valence-corrected chi connectivity index (χ1v) is 4.49. The van der Waals surface area contributed by atoms with Crippen molar-refractivity contribution >= 4 is 35.8 Å². The fourth-order valence-corrected chi connectivity index (χ4v) is 1.02. The molecule has 0 atom stereocenters. The molecule has 70 valence electrons. The van der Waals surface area contributed by atoms with Gasteiger partial charge in [0.05, 0.1) is 5.88 Å². The van der Waals surface area contributed by atoms with E-state index in [-0.39, 0.29) is 17.4 Å². The molecule has 1 aromatic rings. The molecule has 0 aromatic heterocycles. The summed E-state index contributed by atoms with van der Waals surface area (Å²) in [6.07, 6.45) is 0. The van der Waals surface area contributed by atoms with Crippen molar-refractivity contribution in [2.75, 3.05) is 5.88 Å². The molecular formula is C8H8ClFN2S. The van der Waals surface area contributed by atoms with E-state index in [0.717, 1.165) is 0 Å². The normalized spacial score (nSPS) is 11.8. The topological polar surface area (TPSA) is 38.4 Å². The van der Waals surface area contributed by atoms with Crippen LogP contribution in [0.5, 0.6) is 0 Å². The van der Waals surface area contributed by atoms with Gasteiger partial charge in [-0.15, -0.1) is 24.2 Å². The van der Waals surface area contributed by atoms with Crippen LogP contribution in [0, 0.1) is 5.82 Å². The highest BCUT2D eigenvalue weighted by Gasteiger charge is 2.00. The standard InChI is InChI=1S/C8H8ClFN2S/c9-4-8(11)12-7-2-1-5(13)3-6(7)10/h1-3,13H,4H2,(H2,11,12). The lowest BCUT2D eigenvalue weighted by Gasteiger charge is -1.98. The molecule has 5 heteroatoms. The number of hydrogen-bond acceptors (Lipinski definition) is 2.